The molecule has 2 aliphatic rings. The molecule has 0 bridgehead atoms. The highest BCUT2D eigenvalue weighted by atomic mass is 32.2. The van der Waals surface area contributed by atoms with E-state index in [1.165, 1.54) is 16.7 Å². The minimum absolute atomic E-state index is 0.0984. The van der Waals surface area contributed by atoms with E-state index in [2.05, 4.69) is 16.9 Å². The Labute approximate surface area is 145 Å². The fraction of sp³-hybridized carbons (Fsp3) is 0.412. The number of phenolic OH excluding ortho intramolecular Hbond substituents is 1. The molecule has 0 atom stereocenters. The number of likely N-dealkylation sites (N-methyl/N-ethyl adjacent to an activating group) is 1. The lowest BCUT2D eigenvalue weighted by Gasteiger charge is -2.30. The van der Waals surface area contributed by atoms with Crippen molar-refractivity contribution in [3.8, 4) is 11.5 Å². The molecule has 0 radical (unpaired) electrons. The molecule has 0 saturated carbocycles. The van der Waals surface area contributed by atoms with Gasteiger partial charge in [-0.3, -0.25) is 4.79 Å². The Morgan fingerprint density at radius 2 is 2.17 bits per heavy atom. The molecule has 0 aromatic heterocycles. The van der Waals surface area contributed by atoms with Crippen LogP contribution in [-0.4, -0.2) is 60.9 Å². The number of benzene rings is 1. The van der Waals surface area contributed by atoms with Gasteiger partial charge in [0.1, 0.15) is 0 Å². The zero-order valence-electron chi connectivity index (χ0n) is 13.9. The van der Waals surface area contributed by atoms with Gasteiger partial charge in [0.2, 0.25) is 0 Å². The molecule has 0 aliphatic carbocycles. The Balaban J connectivity index is 1.73. The lowest BCUT2D eigenvalue weighted by molar-refractivity contribution is -0.883. The van der Waals surface area contributed by atoms with Crippen molar-refractivity contribution in [1.29, 1.82) is 0 Å². The van der Waals surface area contributed by atoms with E-state index in [4.69, 9.17) is 4.74 Å². The van der Waals surface area contributed by atoms with Crippen molar-refractivity contribution in [2.45, 2.75) is 6.92 Å². The first-order chi connectivity index (χ1) is 11.6. The van der Waals surface area contributed by atoms with E-state index in [-0.39, 0.29) is 11.7 Å². The standard InChI is InChI=1S/C17H21N3O3S/c1-3-23-14-10-12(4-5-13(14)21)11-15-16(22)18-17(24-15)20-8-6-19(2)7-9-20/h4-5,10-11,21H,3,6-9H2,1-2H3/p+1/b15-11-. The molecule has 2 N–H and O–H groups in total. The summed E-state index contributed by atoms with van der Waals surface area (Å²) in [4.78, 5) is 20.7. The minimum Gasteiger partial charge on any atom is -0.504 e. The van der Waals surface area contributed by atoms with E-state index >= 15 is 0 Å². The second-order valence-electron chi connectivity index (χ2n) is 5.91. The second kappa shape index (κ2) is 7.27. The van der Waals surface area contributed by atoms with Crippen LogP contribution in [0.3, 0.4) is 0 Å². The average Bonchev–Trinajstić information content (AvgIpc) is 2.92. The van der Waals surface area contributed by atoms with E-state index in [1.54, 1.807) is 24.3 Å². The number of thioether (sulfide) groups is 1. The summed E-state index contributed by atoms with van der Waals surface area (Å²) < 4.78 is 5.38. The normalized spacial score (nSPS) is 20.6. The molecular weight excluding hydrogens is 326 g/mol. The number of amides is 1. The van der Waals surface area contributed by atoms with Gasteiger partial charge < -0.3 is 19.6 Å². The van der Waals surface area contributed by atoms with Crippen LogP contribution in [0.25, 0.3) is 6.08 Å². The molecule has 1 saturated heterocycles. The molecule has 24 heavy (non-hydrogen) atoms. The number of nitrogens with one attached hydrogen (secondary N) is 1. The van der Waals surface area contributed by atoms with Crippen molar-refractivity contribution in [1.82, 2.24) is 4.90 Å². The van der Waals surface area contributed by atoms with Gasteiger partial charge in [0, 0.05) is 0 Å². The maximum atomic E-state index is 12.2. The fourth-order valence-corrected chi connectivity index (χ4v) is 3.62. The van der Waals surface area contributed by atoms with Crippen LogP contribution < -0.4 is 9.64 Å². The largest absolute Gasteiger partial charge is 0.504 e. The van der Waals surface area contributed by atoms with E-state index < -0.39 is 0 Å². The van der Waals surface area contributed by atoms with Crippen molar-refractivity contribution in [3.05, 3.63) is 28.7 Å². The number of aliphatic imine (C=N–C) groups is 1. The molecule has 7 heteroatoms. The van der Waals surface area contributed by atoms with Crippen LogP contribution in [0.4, 0.5) is 0 Å². The van der Waals surface area contributed by atoms with Gasteiger partial charge in [-0.05, 0) is 42.5 Å². The van der Waals surface area contributed by atoms with Crippen molar-refractivity contribution in [3.63, 3.8) is 0 Å². The van der Waals surface area contributed by atoms with E-state index in [0.29, 0.717) is 17.3 Å². The zero-order chi connectivity index (χ0) is 17.1. The van der Waals surface area contributed by atoms with Gasteiger partial charge in [0.05, 0.1) is 44.7 Å². The third kappa shape index (κ3) is 3.73. The van der Waals surface area contributed by atoms with Gasteiger partial charge in [0.25, 0.3) is 5.91 Å². The topological polar surface area (TPSA) is 66.6 Å². The number of amidine groups is 1. The van der Waals surface area contributed by atoms with Gasteiger partial charge in [-0.15, -0.1) is 0 Å². The van der Waals surface area contributed by atoms with Crippen LogP contribution in [0.2, 0.25) is 0 Å². The summed E-state index contributed by atoms with van der Waals surface area (Å²) in [6, 6.07) is 5.07. The third-order valence-electron chi connectivity index (χ3n) is 4.08. The van der Waals surface area contributed by atoms with Crippen LogP contribution in [0.5, 0.6) is 11.5 Å². The van der Waals surface area contributed by atoms with Crippen molar-refractivity contribution in [2.24, 2.45) is 4.99 Å². The number of hydrogen-bond donors (Lipinski definition) is 2. The number of quaternary nitrogens is 1. The number of carbonyl (C=O) groups is 1. The van der Waals surface area contributed by atoms with Crippen molar-refractivity contribution < 1.29 is 19.5 Å². The number of carbonyl (C=O) groups excluding carboxylic acids is 1. The summed E-state index contributed by atoms with van der Waals surface area (Å²) in [5.41, 5.74) is 0.811. The van der Waals surface area contributed by atoms with Gasteiger partial charge in [-0.1, -0.05) is 6.07 Å². The highest BCUT2D eigenvalue weighted by molar-refractivity contribution is 8.18. The van der Waals surface area contributed by atoms with Crippen molar-refractivity contribution >= 4 is 28.9 Å². The summed E-state index contributed by atoms with van der Waals surface area (Å²) in [5, 5.41) is 10.6. The number of aromatic hydroxyl groups is 1. The maximum Gasteiger partial charge on any atom is 0.286 e. The Kier molecular flexibility index (Phi) is 5.11. The summed E-state index contributed by atoms with van der Waals surface area (Å²) in [6.45, 7) is 6.29. The molecule has 0 unspecified atom stereocenters. The Bertz CT molecular complexity index is 694. The van der Waals surface area contributed by atoms with Gasteiger partial charge >= 0.3 is 0 Å². The Hall–Kier alpha value is -1.99. The molecule has 3 rings (SSSR count). The Morgan fingerprint density at radius 1 is 1.42 bits per heavy atom. The first-order valence-corrected chi connectivity index (χ1v) is 8.93. The first-order valence-electron chi connectivity index (χ1n) is 8.11. The van der Waals surface area contributed by atoms with Crippen LogP contribution in [0.1, 0.15) is 12.5 Å². The van der Waals surface area contributed by atoms with Gasteiger partial charge in [0.15, 0.2) is 16.7 Å². The molecular formula is C17H22N3O3S+. The highest BCUT2D eigenvalue weighted by Crippen LogP contribution is 2.32. The molecule has 1 aromatic carbocycles. The molecule has 0 spiro atoms. The molecule has 128 valence electrons. The molecule has 1 amide bonds. The van der Waals surface area contributed by atoms with E-state index in [1.807, 2.05) is 6.92 Å². The number of rotatable bonds is 3. The predicted molar refractivity (Wildman–Crippen MR) is 95.5 cm³/mol. The van der Waals surface area contributed by atoms with E-state index in [0.717, 1.165) is 36.9 Å². The fourth-order valence-electron chi connectivity index (χ4n) is 2.66. The monoisotopic (exact) mass is 348 g/mol. The average molecular weight is 348 g/mol. The zero-order valence-corrected chi connectivity index (χ0v) is 14.7. The number of piperazine rings is 1. The maximum absolute atomic E-state index is 12.2. The highest BCUT2D eigenvalue weighted by Gasteiger charge is 2.28. The first kappa shape index (κ1) is 16.9. The summed E-state index contributed by atoms with van der Waals surface area (Å²) >= 11 is 1.42. The van der Waals surface area contributed by atoms with Gasteiger partial charge in [-0.2, -0.15) is 4.99 Å². The lowest BCUT2D eigenvalue weighted by Crippen LogP contribution is -3.12. The van der Waals surface area contributed by atoms with Crippen LogP contribution in [0, 0.1) is 0 Å². The molecule has 2 aliphatic heterocycles. The minimum atomic E-state index is -0.202. The van der Waals surface area contributed by atoms with Crippen LogP contribution >= 0.6 is 11.8 Å². The second-order valence-corrected chi connectivity index (χ2v) is 6.92. The van der Waals surface area contributed by atoms with E-state index in [9.17, 15) is 9.90 Å². The van der Waals surface area contributed by atoms with Gasteiger partial charge in [-0.25, -0.2) is 0 Å². The smallest absolute Gasteiger partial charge is 0.286 e. The SMILES string of the molecule is CCOc1cc(/C=C2\SC(N3CC[NH+](C)CC3)=NC2=O)ccc1O. The van der Waals surface area contributed by atoms with Crippen molar-refractivity contribution in [2.75, 3.05) is 39.8 Å². The molecule has 1 aromatic rings. The number of phenols is 1. The quantitative estimate of drug-likeness (QED) is 0.783. The molecule has 6 nitrogen and oxygen atoms in total. The summed E-state index contributed by atoms with van der Waals surface area (Å²) in [5.74, 6) is 0.319. The number of hydrogen-bond acceptors (Lipinski definition) is 5. The number of ether oxygens (including phenoxy) is 1. The lowest BCUT2D eigenvalue weighted by atomic mass is 10.2. The molecule has 1 fully saturated rings. The molecule has 2 heterocycles. The summed E-state index contributed by atoms with van der Waals surface area (Å²) in [7, 11) is 2.18. The Morgan fingerprint density at radius 3 is 2.88 bits per heavy atom. The summed E-state index contributed by atoms with van der Waals surface area (Å²) in [6.07, 6.45) is 1.80. The number of nitrogens with zero attached hydrogens (tertiary/aromatic N) is 2. The third-order valence-corrected chi connectivity index (χ3v) is 5.12. The predicted octanol–water partition coefficient (Wildman–Crippen LogP) is 0.592. The van der Waals surface area contributed by atoms with Crippen LogP contribution in [-0.2, 0) is 4.79 Å². The van der Waals surface area contributed by atoms with Crippen LogP contribution in [0.15, 0.2) is 28.1 Å².